The standard InChI is InChI=1S/C14H21N3O3S/c1-11-10-20-13-9-12(17-7-5-16(2)6-8-17)3-4-14(13)21(18,19)15-11/h3-4,9,11,15H,5-8,10H2,1-2H3/t11-/m0/s1. The third-order valence-electron chi connectivity index (χ3n) is 3.93. The fraction of sp³-hybridized carbons (Fsp3) is 0.571. The van der Waals surface area contributed by atoms with Gasteiger partial charge in [0.1, 0.15) is 17.3 Å². The summed E-state index contributed by atoms with van der Waals surface area (Å²) in [5.74, 6) is 0.447. The van der Waals surface area contributed by atoms with Gasteiger partial charge in [-0.3, -0.25) is 0 Å². The molecule has 0 spiro atoms. The zero-order valence-electron chi connectivity index (χ0n) is 12.4. The van der Waals surface area contributed by atoms with Crippen LogP contribution < -0.4 is 14.4 Å². The number of sulfonamides is 1. The Labute approximate surface area is 125 Å². The van der Waals surface area contributed by atoms with Crippen molar-refractivity contribution in [1.29, 1.82) is 0 Å². The topological polar surface area (TPSA) is 61.9 Å². The molecule has 0 saturated carbocycles. The van der Waals surface area contributed by atoms with Gasteiger partial charge < -0.3 is 14.5 Å². The van der Waals surface area contributed by atoms with Crippen LogP contribution >= 0.6 is 0 Å². The van der Waals surface area contributed by atoms with Crippen LogP contribution in [0.4, 0.5) is 5.69 Å². The summed E-state index contributed by atoms with van der Waals surface area (Å²) in [6.07, 6.45) is 0. The van der Waals surface area contributed by atoms with Crippen molar-refractivity contribution in [1.82, 2.24) is 9.62 Å². The molecule has 0 radical (unpaired) electrons. The van der Waals surface area contributed by atoms with Crippen LogP contribution in [-0.2, 0) is 10.0 Å². The summed E-state index contributed by atoms with van der Waals surface area (Å²) < 4.78 is 32.7. The lowest BCUT2D eigenvalue weighted by molar-refractivity contribution is 0.288. The van der Waals surface area contributed by atoms with Crippen LogP contribution in [0.2, 0.25) is 0 Å². The molecule has 3 rings (SSSR count). The number of nitrogens with one attached hydrogen (secondary N) is 1. The Morgan fingerprint density at radius 3 is 2.67 bits per heavy atom. The van der Waals surface area contributed by atoms with E-state index in [4.69, 9.17) is 4.74 Å². The van der Waals surface area contributed by atoms with Gasteiger partial charge in [-0.1, -0.05) is 0 Å². The number of nitrogens with zero attached hydrogens (tertiary/aromatic N) is 2. The van der Waals surface area contributed by atoms with Gasteiger partial charge in [0.2, 0.25) is 10.0 Å². The van der Waals surface area contributed by atoms with E-state index in [-0.39, 0.29) is 10.9 Å². The highest BCUT2D eigenvalue weighted by Crippen LogP contribution is 2.31. The maximum Gasteiger partial charge on any atom is 0.244 e. The van der Waals surface area contributed by atoms with Gasteiger partial charge in [-0.15, -0.1) is 0 Å². The van der Waals surface area contributed by atoms with Crippen LogP contribution in [0.5, 0.6) is 5.75 Å². The van der Waals surface area contributed by atoms with E-state index in [2.05, 4.69) is 21.6 Å². The molecule has 21 heavy (non-hydrogen) atoms. The van der Waals surface area contributed by atoms with Crippen LogP contribution in [0.1, 0.15) is 6.92 Å². The number of benzene rings is 1. The van der Waals surface area contributed by atoms with Gasteiger partial charge >= 0.3 is 0 Å². The van der Waals surface area contributed by atoms with E-state index in [1.54, 1.807) is 13.0 Å². The molecule has 2 heterocycles. The molecule has 0 aliphatic carbocycles. The second kappa shape index (κ2) is 5.47. The maximum atomic E-state index is 12.2. The lowest BCUT2D eigenvalue weighted by atomic mass is 10.2. The van der Waals surface area contributed by atoms with Crippen LogP contribution in [0.15, 0.2) is 23.1 Å². The number of hydrogen-bond acceptors (Lipinski definition) is 5. The normalized spacial score (nSPS) is 25.8. The fourth-order valence-corrected chi connectivity index (χ4v) is 4.02. The monoisotopic (exact) mass is 311 g/mol. The van der Waals surface area contributed by atoms with Crippen molar-refractivity contribution in [2.45, 2.75) is 17.9 Å². The second-order valence-electron chi connectivity index (χ2n) is 5.75. The van der Waals surface area contributed by atoms with Gasteiger partial charge in [-0.05, 0) is 26.1 Å². The minimum absolute atomic E-state index is 0.227. The summed E-state index contributed by atoms with van der Waals surface area (Å²) >= 11 is 0. The molecule has 6 nitrogen and oxygen atoms in total. The van der Waals surface area contributed by atoms with Crippen molar-refractivity contribution in [3.05, 3.63) is 18.2 Å². The molecule has 1 aromatic carbocycles. The Hall–Kier alpha value is -1.31. The van der Waals surface area contributed by atoms with Gasteiger partial charge in [0.25, 0.3) is 0 Å². The zero-order chi connectivity index (χ0) is 15.0. The smallest absolute Gasteiger partial charge is 0.244 e. The van der Waals surface area contributed by atoms with E-state index in [1.807, 2.05) is 12.1 Å². The molecular weight excluding hydrogens is 290 g/mol. The SMILES string of the molecule is C[C@H]1COc2cc(N3CCN(C)CC3)ccc2S(=O)(=O)N1. The van der Waals surface area contributed by atoms with Gasteiger partial charge in [-0.2, -0.15) is 0 Å². The number of anilines is 1. The number of likely N-dealkylation sites (N-methyl/N-ethyl adjacent to an activating group) is 1. The average Bonchev–Trinajstić information content (AvgIpc) is 2.55. The van der Waals surface area contributed by atoms with E-state index < -0.39 is 10.0 Å². The molecule has 1 aromatic rings. The second-order valence-corrected chi connectivity index (χ2v) is 7.44. The Bertz CT molecular complexity index is 624. The lowest BCUT2D eigenvalue weighted by Gasteiger charge is -2.34. The summed E-state index contributed by atoms with van der Waals surface area (Å²) in [4.78, 5) is 4.77. The van der Waals surface area contributed by atoms with Crippen LogP contribution in [0.3, 0.4) is 0 Å². The van der Waals surface area contributed by atoms with E-state index >= 15 is 0 Å². The van der Waals surface area contributed by atoms with Crippen molar-refractivity contribution in [2.24, 2.45) is 0 Å². The van der Waals surface area contributed by atoms with E-state index in [1.165, 1.54) is 0 Å². The number of fused-ring (bicyclic) bond motifs is 1. The molecule has 0 amide bonds. The first-order valence-electron chi connectivity index (χ1n) is 7.18. The molecule has 2 aliphatic heterocycles. The highest BCUT2D eigenvalue weighted by Gasteiger charge is 2.27. The van der Waals surface area contributed by atoms with Gasteiger partial charge in [0.05, 0.1) is 6.04 Å². The highest BCUT2D eigenvalue weighted by molar-refractivity contribution is 7.89. The van der Waals surface area contributed by atoms with Crippen molar-refractivity contribution < 1.29 is 13.2 Å². The van der Waals surface area contributed by atoms with E-state index in [0.29, 0.717) is 12.4 Å². The molecule has 1 fully saturated rings. The molecule has 7 heteroatoms. The number of hydrogen-bond donors (Lipinski definition) is 1. The maximum absolute atomic E-state index is 12.2. The summed E-state index contributed by atoms with van der Waals surface area (Å²) in [5, 5.41) is 0. The highest BCUT2D eigenvalue weighted by atomic mass is 32.2. The quantitative estimate of drug-likeness (QED) is 0.818. The zero-order valence-corrected chi connectivity index (χ0v) is 13.2. The van der Waals surface area contributed by atoms with Crippen LogP contribution in [0.25, 0.3) is 0 Å². The van der Waals surface area contributed by atoms with E-state index in [9.17, 15) is 8.42 Å². The molecule has 1 atom stereocenters. The first-order valence-corrected chi connectivity index (χ1v) is 8.67. The third-order valence-corrected chi connectivity index (χ3v) is 5.56. The molecule has 0 unspecified atom stereocenters. The first kappa shape index (κ1) is 14.6. The van der Waals surface area contributed by atoms with Crippen molar-refractivity contribution >= 4 is 15.7 Å². The predicted octanol–water partition coefficient (Wildman–Crippen LogP) is 0.498. The van der Waals surface area contributed by atoms with Crippen LogP contribution in [0, 0.1) is 0 Å². The van der Waals surface area contributed by atoms with Crippen LogP contribution in [-0.4, -0.2) is 59.2 Å². The Balaban J connectivity index is 1.91. The summed E-state index contributed by atoms with van der Waals surface area (Å²) in [6.45, 7) is 6.04. The predicted molar refractivity (Wildman–Crippen MR) is 81.4 cm³/mol. The average molecular weight is 311 g/mol. The van der Waals surface area contributed by atoms with Crippen molar-refractivity contribution in [2.75, 3.05) is 44.7 Å². The fourth-order valence-electron chi connectivity index (χ4n) is 2.67. The minimum Gasteiger partial charge on any atom is -0.490 e. The lowest BCUT2D eigenvalue weighted by Crippen LogP contribution is -2.44. The van der Waals surface area contributed by atoms with Crippen molar-refractivity contribution in [3.63, 3.8) is 0 Å². The Morgan fingerprint density at radius 1 is 1.24 bits per heavy atom. The molecule has 0 bridgehead atoms. The molecule has 1 N–H and O–H groups in total. The summed E-state index contributed by atoms with van der Waals surface area (Å²) in [6, 6.07) is 5.12. The minimum atomic E-state index is -3.49. The third kappa shape index (κ3) is 3.00. The molecule has 116 valence electrons. The molecular formula is C14H21N3O3S. The Kier molecular flexibility index (Phi) is 3.81. The summed E-state index contributed by atoms with van der Waals surface area (Å²) in [7, 11) is -1.38. The Morgan fingerprint density at radius 2 is 1.95 bits per heavy atom. The number of ether oxygens (including phenoxy) is 1. The number of rotatable bonds is 1. The molecule has 0 aromatic heterocycles. The van der Waals surface area contributed by atoms with Gasteiger partial charge in [-0.25, -0.2) is 13.1 Å². The summed E-state index contributed by atoms with van der Waals surface area (Å²) in [5.41, 5.74) is 1.02. The molecule has 1 saturated heterocycles. The van der Waals surface area contributed by atoms with Gasteiger partial charge in [0, 0.05) is 37.9 Å². The largest absolute Gasteiger partial charge is 0.490 e. The number of piperazine rings is 1. The van der Waals surface area contributed by atoms with Crippen molar-refractivity contribution in [3.8, 4) is 5.75 Å². The first-order chi connectivity index (χ1) is 9.95. The van der Waals surface area contributed by atoms with E-state index in [0.717, 1.165) is 31.9 Å². The van der Waals surface area contributed by atoms with Gasteiger partial charge in [0.15, 0.2) is 0 Å². The molecule has 2 aliphatic rings.